The lowest BCUT2D eigenvalue weighted by atomic mass is 10.2. The highest BCUT2D eigenvalue weighted by Crippen LogP contribution is 2.27. The Kier molecular flexibility index (Phi) is 5.24. The molecule has 0 radical (unpaired) electrons. The van der Waals surface area contributed by atoms with Crippen LogP contribution in [-0.2, 0) is 0 Å². The van der Waals surface area contributed by atoms with Crippen LogP contribution in [0.1, 0.15) is 12.5 Å². The van der Waals surface area contributed by atoms with E-state index in [1.165, 1.54) is 0 Å². The highest BCUT2D eigenvalue weighted by atomic mass is 79.9. The molecule has 0 fully saturated rings. The Balaban J connectivity index is 3.04. The molecule has 0 saturated carbocycles. The van der Waals surface area contributed by atoms with Crippen molar-refractivity contribution < 1.29 is 10.3 Å². The highest BCUT2D eigenvalue weighted by molar-refractivity contribution is 9.10. The largest absolute Gasteiger partial charge is 0.409 e. The van der Waals surface area contributed by atoms with Crippen molar-refractivity contribution in [3.63, 3.8) is 0 Å². The van der Waals surface area contributed by atoms with Crippen LogP contribution in [0.5, 0.6) is 0 Å². The third kappa shape index (κ3) is 3.34. The van der Waals surface area contributed by atoms with Crippen LogP contribution in [-0.4, -0.2) is 35.8 Å². The third-order valence-corrected chi connectivity index (χ3v) is 3.08. The first kappa shape index (κ1) is 13.8. The van der Waals surface area contributed by atoms with Gasteiger partial charge in [-0.2, -0.15) is 0 Å². The lowest BCUT2D eigenvalue weighted by molar-refractivity contribution is 0.302. The number of oxime groups is 1. The van der Waals surface area contributed by atoms with Gasteiger partial charge in [0.1, 0.15) is 0 Å². The van der Waals surface area contributed by atoms with Crippen LogP contribution in [0.2, 0.25) is 0 Å². The van der Waals surface area contributed by atoms with Crippen molar-refractivity contribution in [2.24, 2.45) is 10.9 Å². The van der Waals surface area contributed by atoms with Gasteiger partial charge in [-0.05, 0) is 41.1 Å². The van der Waals surface area contributed by atoms with E-state index >= 15 is 0 Å². The predicted octanol–water partition coefficient (Wildman–Crippen LogP) is 1.36. The molecule has 94 valence electrons. The fourth-order valence-electron chi connectivity index (χ4n) is 1.55. The summed E-state index contributed by atoms with van der Waals surface area (Å²) in [6, 6.07) is 5.43. The van der Waals surface area contributed by atoms with Crippen molar-refractivity contribution >= 4 is 27.5 Å². The topological polar surface area (TPSA) is 82.1 Å². The number of benzene rings is 1. The maximum absolute atomic E-state index is 8.97. The summed E-state index contributed by atoms with van der Waals surface area (Å²) in [6.07, 6.45) is 0. The molecule has 0 atom stereocenters. The van der Waals surface area contributed by atoms with E-state index in [1.807, 2.05) is 17.9 Å². The van der Waals surface area contributed by atoms with E-state index in [-0.39, 0.29) is 12.4 Å². The number of aliphatic hydroxyl groups is 1. The van der Waals surface area contributed by atoms with Crippen molar-refractivity contribution in [3.05, 3.63) is 28.2 Å². The zero-order valence-corrected chi connectivity index (χ0v) is 11.2. The van der Waals surface area contributed by atoms with Crippen LogP contribution in [0, 0.1) is 0 Å². The SMILES string of the molecule is CCN(CCO)c1ccc(/C(N)=N/O)cc1Br. The van der Waals surface area contributed by atoms with Gasteiger partial charge in [0.2, 0.25) is 0 Å². The number of rotatable bonds is 5. The Morgan fingerprint density at radius 1 is 1.53 bits per heavy atom. The Bertz CT molecular complexity index is 410. The number of hydrogen-bond acceptors (Lipinski definition) is 4. The van der Waals surface area contributed by atoms with Gasteiger partial charge in [-0.3, -0.25) is 0 Å². The molecule has 6 heteroatoms. The van der Waals surface area contributed by atoms with E-state index in [0.717, 1.165) is 16.7 Å². The van der Waals surface area contributed by atoms with E-state index in [4.69, 9.17) is 16.0 Å². The molecule has 0 aliphatic rings. The molecule has 0 aliphatic heterocycles. The van der Waals surface area contributed by atoms with Crippen LogP contribution in [0.15, 0.2) is 27.8 Å². The number of halogens is 1. The first-order valence-corrected chi connectivity index (χ1v) is 6.06. The van der Waals surface area contributed by atoms with Crippen molar-refractivity contribution in [2.75, 3.05) is 24.6 Å². The van der Waals surface area contributed by atoms with Gasteiger partial charge in [0.25, 0.3) is 0 Å². The predicted molar refractivity (Wildman–Crippen MR) is 71.6 cm³/mol. The number of anilines is 1. The summed E-state index contributed by atoms with van der Waals surface area (Å²) in [7, 11) is 0. The first-order chi connectivity index (χ1) is 8.13. The summed E-state index contributed by atoms with van der Waals surface area (Å²) in [4.78, 5) is 2.03. The van der Waals surface area contributed by atoms with Gasteiger partial charge in [0.05, 0.1) is 12.3 Å². The van der Waals surface area contributed by atoms with E-state index < -0.39 is 0 Å². The average Bonchev–Trinajstić information content (AvgIpc) is 2.35. The molecule has 5 nitrogen and oxygen atoms in total. The summed E-state index contributed by atoms with van der Waals surface area (Å²) < 4.78 is 0.844. The first-order valence-electron chi connectivity index (χ1n) is 5.27. The number of amidine groups is 1. The lowest BCUT2D eigenvalue weighted by Crippen LogP contribution is -2.26. The summed E-state index contributed by atoms with van der Waals surface area (Å²) >= 11 is 3.44. The van der Waals surface area contributed by atoms with E-state index in [2.05, 4.69) is 21.1 Å². The number of nitrogens with two attached hydrogens (primary N) is 1. The fraction of sp³-hybridized carbons (Fsp3) is 0.364. The third-order valence-electron chi connectivity index (χ3n) is 2.44. The maximum atomic E-state index is 8.97. The molecule has 0 amide bonds. The molecule has 0 saturated heterocycles. The minimum absolute atomic E-state index is 0.0717. The summed E-state index contributed by atoms with van der Waals surface area (Å²) in [5, 5.41) is 20.5. The molecule has 1 aromatic carbocycles. The van der Waals surface area contributed by atoms with Gasteiger partial charge in [-0.15, -0.1) is 0 Å². The van der Waals surface area contributed by atoms with Crippen molar-refractivity contribution in [1.82, 2.24) is 0 Å². The summed E-state index contributed by atoms with van der Waals surface area (Å²) in [5.74, 6) is 0.0717. The van der Waals surface area contributed by atoms with Gasteiger partial charge in [-0.1, -0.05) is 5.16 Å². The van der Waals surface area contributed by atoms with Gasteiger partial charge in [-0.25, -0.2) is 0 Å². The van der Waals surface area contributed by atoms with E-state index in [0.29, 0.717) is 12.1 Å². The highest BCUT2D eigenvalue weighted by Gasteiger charge is 2.09. The monoisotopic (exact) mass is 301 g/mol. The Morgan fingerprint density at radius 3 is 2.71 bits per heavy atom. The normalized spacial score (nSPS) is 11.6. The van der Waals surface area contributed by atoms with Crippen LogP contribution >= 0.6 is 15.9 Å². The molecule has 0 bridgehead atoms. The number of hydrogen-bond donors (Lipinski definition) is 3. The molecule has 1 rings (SSSR count). The maximum Gasteiger partial charge on any atom is 0.170 e. The lowest BCUT2D eigenvalue weighted by Gasteiger charge is -2.23. The van der Waals surface area contributed by atoms with E-state index in [1.54, 1.807) is 12.1 Å². The molecule has 0 heterocycles. The molecule has 0 unspecified atom stereocenters. The Labute approximate surface area is 109 Å². The van der Waals surface area contributed by atoms with Gasteiger partial charge in [0.15, 0.2) is 5.84 Å². The second-order valence-corrected chi connectivity index (χ2v) is 4.31. The fourth-order valence-corrected chi connectivity index (χ4v) is 2.18. The molecule has 17 heavy (non-hydrogen) atoms. The Hall–Kier alpha value is -1.27. The van der Waals surface area contributed by atoms with Crippen molar-refractivity contribution in [3.8, 4) is 0 Å². The zero-order chi connectivity index (χ0) is 12.8. The summed E-state index contributed by atoms with van der Waals surface area (Å²) in [5.41, 5.74) is 7.12. The average molecular weight is 302 g/mol. The Morgan fingerprint density at radius 2 is 2.24 bits per heavy atom. The standard InChI is InChI=1S/C11H16BrN3O2/c1-2-15(5-6-16)10-4-3-8(7-9(10)12)11(13)14-17/h3-4,7,16-17H,2,5-6H2,1H3,(H2,13,14). The molecule has 0 spiro atoms. The number of nitrogens with zero attached hydrogens (tertiary/aromatic N) is 2. The van der Waals surface area contributed by atoms with Crippen LogP contribution < -0.4 is 10.6 Å². The van der Waals surface area contributed by atoms with Crippen LogP contribution in [0.4, 0.5) is 5.69 Å². The minimum Gasteiger partial charge on any atom is -0.409 e. The van der Waals surface area contributed by atoms with Crippen LogP contribution in [0.3, 0.4) is 0 Å². The second kappa shape index (κ2) is 6.46. The van der Waals surface area contributed by atoms with Crippen molar-refractivity contribution in [1.29, 1.82) is 0 Å². The van der Waals surface area contributed by atoms with Gasteiger partial charge in [0, 0.05) is 23.1 Å². The van der Waals surface area contributed by atoms with Gasteiger partial charge >= 0.3 is 0 Å². The quantitative estimate of drug-likeness (QED) is 0.332. The minimum atomic E-state index is 0.0717. The molecular weight excluding hydrogens is 286 g/mol. The molecule has 0 aromatic heterocycles. The number of aliphatic hydroxyl groups excluding tert-OH is 1. The number of likely N-dealkylation sites (N-methyl/N-ethyl adjacent to an activating group) is 1. The summed E-state index contributed by atoms with van der Waals surface area (Å²) in [6.45, 7) is 3.47. The molecule has 1 aromatic rings. The molecule has 4 N–H and O–H groups in total. The smallest absolute Gasteiger partial charge is 0.170 e. The van der Waals surface area contributed by atoms with E-state index in [9.17, 15) is 0 Å². The molecular formula is C11H16BrN3O2. The molecule has 0 aliphatic carbocycles. The second-order valence-electron chi connectivity index (χ2n) is 3.45. The van der Waals surface area contributed by atoms with Crippen molar-refractivity contribution in [2.45, 2.75) is 6.92 Å². The van der Waals surface area contributed by atoms with Gasteiger partial charge < -0.3 is 20.9 Å². The van der Waals surface area contributed by atoms with Crippen LogP contribution in [0.25, 0.3) is 0 Å². The zero-order valence-electron chi connectivity index (χ0n) is 9.60.